The van der Waals surface area contributed by atoms with Crippen molar-refractivity contribution >= 4 is 0 Å². The van der Waals surface area contributed by atoms with Gasteiger partial charge in [-0.3, -0.25) is 4.57 Å². The van der Waals surface area contributed by atoms with E-state index in [2.05, 4.69) is 4.98 Å². The molecule has 3 aromatic carbocycles. The number of rotatable bonds is 4. The summed E-state index contributed by atoms with van der Waals surface area (Å²) in [5.41, 5.74) is 0.268. The van der Waals surface area contributed by atoms with Crippen molar-refractivity contribution in [2.75, 3.05) is 0 Å². The van der Waals surface area contributed by atoms with Crippen molar-refractivity contribution in [2.45, 2.75) is 25.6 Å². The average molecular weight is 438 g/mol. The van der Waals surface area contributed by atoms with Crippen LogP contribution in [0.25, 0.3) is 28.2 Å². The van der Waals surface area contributed by atoms with Crippen LogP contribution in [0, 0.1) is 0 Å². The highest BCUT2D eigenvalue weighted by atomic mass is 19.4. The summed E-state index contributed by atoms with van der Waals surface area (Å²) in [5.74, 6) is 0.224. The molecule has 1 heterocycles. The molecule has 4 rings (SSSR count). The van der Waals surface area contributed by atoms with Gasteiger partial charge in [0.15, 0.2) is 0 Å². The predicted octanol–water partition coefficient (Wildman–Crippen LogP) is 6.16. The van der Waals surface area contributed by atoms with Crippen LogP contribution in [0.5, 0.6) is 5.75 Å². The normalized spacial score (nSPS) is 12.2. The molecule has 0 atom stereocenters. The number of imidazole rings is 1. The molecule has 0 aliphatic heterocycles. The van der Waals surface area contributed by atoms with Crippen LogP contribution >= 0.6 is 0 Å². The van der Waals surface area contributed by atoms with Crippen LogP contribution in [-0.4, -0.2) is 19.8 Å². The average Bonchev–Trinajstić information content (AvgIpc) is 3.19. The van der Waals surface area contributed by atoms with Crippen LogP contribution in [0.4, 0.5) is 13.2 Å². The zero-order valence-electron chi connectivity index (χ0n) is 17.4. The summed E-state index contributed by atoms with van der Waals surface area (Å²) in [4.78, 5) is 4.37. The minimum absolute atomic E-state index is 0.0763. The fraction of sp³-hybridized carbons (Fsp3) is 0.160. The van der Waals surface area contributed by atoms with Crippen LogP contribution in [-0.2, 0) is 11.8 Å². The first-order chi connectivity index (χ1) is 15.0. The van der Waals surface area contributed by atoms with Crippen molar-refractivity contribution in [1.82, 2.24) is 9.55 Å². The van der Waals surface area contributed by atoms with E-state index in [1.165, 1.54) is 32.0 Å². The Morgan fingerprint density at radius 1 is 0.844 bits per heavy atom. The summed E-state index contributed by atoms with van der Waals surface area (Å²) in [7, 11) is 0. The first-order valence-electron chi connectivity index (χ1n) is 9.93. The number of phenolic OH excluding ortho intramolecular Hbond substituents is 1. The number of aliphatic hydroxyl groups is 1. The molecule has 0 bridgehead atoms. The quantitative estimate of drug-likeness (QED) is 0.401. The van der Waals surface area contributed by atoms with Gasteiger partial charge in [0.1, 0.15) is 17.2 Å². The Morgan fingerprint density at radius 2 is 1.53 bits per heavy atom. The van der Waals surface area contributed by atoms with Gasteiger partial charge in [-0.1, -0.05) is 42.5 Å². The topological polar surface area (TPSA) is 58.3 Å². The van der Waals surface area contributed by atoms with Crippen molar-refractivity contribution < 1.29 is 23.4 Å². The fourth-order valence-electron chi connectivity index (χ4n) is 3.49. The van der Waals surface area contributed by atoms with Crippen molar-refractivity contribution in [2.24, 2.45) is 0 Å². The van der Waals surface area contributed by atoms with E-state index >= 15 is 0 Å². The van der Waals surface area contributed by atoms with Gasteiger partial charge in [-0.25, -0.2) is 4.98 Å². The first-order valence-corrected chi connectivity index (χ1v) is 9.93. The molecule has 0 saturated carbocycles. The monoisotopic (exact) mass is 438 g/mol. The number of aromatic hydroxyl groups is 1. The second-order valence-electron chi connectivity index (χ2n) is 8.02. The minimum atomic E-state index is -4.55. The zero-order chi connectivity index (χ0) is 23.1. The van der Waals surface area contributed by atoms with Gasteiger partial charge in [0.05, 0.1) is 11.3 Å². The van der Waals surface area contributed by atoms with Crippen LogP contribution in [0.15, 0.2) is 79.0 Å². The summed E-state index contributed by atoms with van der Waals surface area (Å²) in [6, 6.07) is 19.2. The van der Waals surface area contributed by atoms with Gasteiger partial charge in [0, 0.05) is 17.4 Å². The molecule has 0 unspecified atom stereocenters. The fourth-order valence-corrected chi connectivity index (χ4v) is 3.49. The van der Waals surface area contributed by atoms with Crippen molar-refractivity contribution in [3.63, 3.8) is 0 Å². The van der Waals surface area contributed by atoms with Crippen molar-refractivity contribution in [3.8, 4) is 34.0 Å². The Bertz CT molecular complexity index is 1250. The highest BCUT2D eigenvalue weighted by Crippen LogP contribution is 2.38. The summed E-state index contributed by atoms with van der Waals surface area (Å²) < 4.78 is 42.6. The Morgan fingerprint density at radius 3 is 2.16 bits per heavy atom. The predicted molar refractivity (Wildman–Crippen MR) is 116 cm³/mol. The van der Waals surface area contributed by atoms with Crippen LogP contribution in [0.3, 0.4) is 0 Å². The van der Waals surface area contributed by atoms with Crippen molar-refractivity contribution in [1.29, 1.82) is 0 Å². The maximum atomic E-state index is 13.7. The highest BCUT2D eigenvalue weighted by Gasteiger charge is 2.35. The van der Waals surface area contributed by atoms with E-state index in [-0.39, 0.29) is 22.8 Å². The van der Waals surface area contributed by atoms with E-state index in [0.717, 1.165) is 17.2 Å². The molecule has 0 spiro atoms. The number of hydrogen-bond donors (Lipinski definition) is 2. The molecule has 0 radical (unpaired) electrons. The van der Waals surface area contributed by atoms with Crippen LogP contribution in [0.2, 0.25) is 0 Å². The number of halogens is 3. The Kier molecular flexibility index (Phi) is 5.30. The molecule has 0 aliphatic carbocycles. The first kappa shape index (κ1) is 21.6. The van der Waals surface area contributed by atoms with Crippen LogP contribution in [0.1, 0.15) is 25.1 Å². The molecule has 7 heteroatoms. The number of benzene rings is 3. The number of hydrogen-bond acceptors (Lipinski definition) is 3. The Balaban J connectivity index is 1.86. The third kappa shape index (κ3) is 4.24. The lowest BCUT2D eigenvalue weighted by Crippen LogP contribution is -2.15. The molecule has 1 aromatic heterocycles. The molecular weight excluding hydrogens is 417 g/mol. The molecule has 0 saturated heterocycles. The maximum absolute atomic E-state index is 13.7. The number of nitrogens with zero attached hydrogens (tertiary/aromatic N) is 2. The zero-order valence-corrected chi connectivity index (χ0v) is 17.4. The largest absolute Gasteiger partial charge is 0.508 e. The summed E-state index contributed by atoms with van der Waals surface area (Å²) in [6.45, 7) is 3.06. The van der Waals surface area contributed by atoms with E-state index in [1.807, 2.05) is 18.2 Å². The van der Waals surface area contributed by atoms with Gasteiger partial charge in [-0.05, 0) is 55.3 Å². The van der Waals surface area contributed by atoms with E-state index in [4.69, 9.17) is 0 Å². The summed E-state index contributed by atoms with van der Waals surface area (Å²) in [6.07, 6.45) is -3.01. The lowest BCUT2D eigenvalue weighted by atomic mass is 10.0. The molecule has 0 aliphatic rings. The second-order valence-corrected chi connectivity index (χ2v) is 8.02. The van der Waals surface area contributed by atoms with E-state index in [1.54, 1.807) is 41.1 Å². The van der Waals surface area contributed by atoms with Gasteiger partial charge < -0.3 is 10.2 Å². The lowest BCUT2D eigenvalue weighted by molar-refractivity contribution is -0.137. The van der Waals surface area contributed by atoms with Gasteiger partial charge in [-0.15, -0.1) is 0 Å². The molecule has 4 aromatic rings. The van der Waals surface area contributed by atoms with Gasteiger partial charge in [-0.2, -0.15) is 13.2 Å². The maximum Gasteiger partial charge on any atom is 0.417 e. The number of alkyl halides is 3. The highest BCUT2D eigenvalue weighted by molar-refractivity contribution is 5.68. The minimum Gasteiger partial charge on any atom is -0.508 e. The standard InChI is InChI=1S/C25H21F3N2O2/c1-24(2,32)22-15-30(23(29-22)20-8-3-4-9-21(20)25(26,27)28)18-12-10-16(11-13-18)17-6-5-7-19(31)14-17/h3-15,31-32H,1-2H3. The van der Waals surface area contributed by atoms with Crippen LogP contribution < -0.4 is 0 Å². The lowest BCUT2D eigenvalue weighted by Gasteiger charge is -2.14. The van der Waals surface area contributed by atoms with Gasteiger partial charge in [0.2, 0.25) is 0 Å². The van der Waals surface area contributed by atoms with E-state index in [9.17, 15) is 23.4 Å². The van der Waals surface area contributed by atoms with Gasteiger partial charge >= 0.3 is 6.18 Å². The molecular formula is C25H21F3N2O2. The second kappa shape index (κ2) is 7.84. The smallest absolute Gasteiger partial charge is 0.417 e. The molecule has 164 valence electrons. The number of aromatic nitrogens is 2. The van der Waals surface area contributed by atoms with Crippen molar-refractivity contribution in [3.05, 3.63) is 90.3 Å². The molecule has 4 nitrogen and oxygen atoms in total. The van der Waals surface area contributed by atoms with E-state index in [0.29, 0.717) is 5.69 Å². The summed E-state index contributed by atoms with van der Waals surface area (Å²) in [5, 5.41) is 20.2. The molecule has 0 fully saturated rings. The van der Waals surface area contributed by atoms with Gasteiger partial charge in [0.25, 0.3) is 0 Å². The Hall–Kier alpha value is -3.58. The Labute approximate surface area is 183 Å². The molecule has 32 heavy (non-hydrogen) atoms. The molecule has 0 amide bonds. The molecule has 2 N–H and O–H groups in total. The number of phenols is 1. The third-order valence-corrected chi connectivity index (χ3v) is 5.13. The van der Waals surface area contributed by atoms with E-state index < -0.39 is 17.3 Å². The third-order valence-electron chi connectivity index (χ3n) is 5.13. The summed E-state index contributed by atoms with van der Waals surface area (Å²) >= 11 is 0. The SMILES string of the molecule is CC(C)(O)c1cn(-c2ccc(-c3cccc(O)c3)cc2)c(-c2ccccc2C(F)(F)F)n1.